The van der Waals surface area contributed by atoms with E-state index in [0.29, 0.717) is 17.9 Å². The van der Waals surface area contributed by atoms with Crippen molar-refractivity contribution in [1.82, 2.24) is 4.90 Å². The van der Waals surface area contributed by atoms with Crippen molar-refractivity contribution in [3.63, 3.8) is 0 Å². The Bertz CT molecular complexity index is 523. The number of hydrogen-bond acceptors (Lipinski definition) is 4. The van der Waals surface area contributed by atoms with Gasteiger partial charge in [-0.1, -0.05) is 0 Å². The number of carbonyl (C=O) groups is 2. The van der Waals surface area contributed by atoms with Crippen LogP contribution in [0.5, 0.6) is 5.75 Å². The molecule has 1 N–H and O–H groups in total. The van der Waals surface area contributed by atoms with E-state index in [0.717, 1.165) is 5.56 Å². The first-order valence-electron chi connectivity index (χ1n) is 6.32. The number of ether oxygens (including phenoxy) is 1. The molecule has 0 atom stereocenters. The van der Waals surface area contributed by atoms with Crippen LogP contribution in [-0.2, 0) is 11.3 Å². The van der Waals surface area contributed by atoms with Gasteiger partial charge in [0.15, 0.2) is 5.78 Å². The fourth-order valence-electron chi connectivity index (χ4n) is 1.74. The molecule has 5 heteroatoms. The van der Waals surface area contributed by atoms with Crippen molar-refractivity contribution >= 4 is 11.8 Å². The molecule has 0 bridgehead atoms. The van der Waals surface area contributed by atoms with Gasteiger partial charge in [0.1, 0.15) is 11.3 Å². The Morgan fingerprint density at radius 1 is 1.35 bits per heavy atom. The van der Waals surface area contributed by atoms with Crippen LogP contribution in [0.15, 0.2) is 18.2 Å². The van der Waals surface area contributed by atoms with Gasteiger partial charge in [-0.3, -0.25) is 14.5 Å². The number of likely N-dealkylation sites (N-methyl/N-ethyl adjacent to an activating group) is 1. The molecule has 0 amide bonds. The van der Waals surface area contributed by atoms with Crippen LogP contribution < -0.4 is 4.74 Å². The van der Waals surface area contributed by atoms with E-state index in [9.17, 15) is 14.7 Å². The summed E-state index contributed by atoms with van der Waals surface area (Å²) >= 11 is 0. The summed E-state index contributed by atoms with van der Waals surface area (Å²) in [4.78, 5) is 24.4. The summed E-state index contributed by atoms with van der Waals surface area (Å²) in [6, 6.07) is 5.18. The Morgan fingerprint density at radius 3 is 2.40 bits per heavy atom. The second kappa shape index (κ2) is 6.05. The van der Waals surface area contributed by atoms with E-state index in [1.807, 2.05) is 0 Å². The second-order valence-corrected chi connectivity index (χ2v) is 5.30. The van der Waals surface area contributed by atoms with Gasteiger partial charge in [0.2, 0.25) is 0 Å². The zero-order valence-corrected chi connectivity index (χ0v) is 12.6. The molecule has 0 aliphatic rings. The minimum atomic E-state index is -1.00. The van der Waals surface area contributed by atoms with Crippen LogP contribution in [-0.4, -0.2) is 41.5 Å². The smallest absolute Gasteiger partial charge is 0.323 e. The summed E-state index contributed by atoms with van der Waals surface area (Å²) in [5.41, 5.74) is 0.372. The van der Waals surface area contributed by atoms with Gasteiger partial charge < -0.3 is 9.84 Å². The Balaban J connectivity index is 3.10. The van der Waals surface area contributed by atoms with Crippen LogP contribution in [0.25, 0.3) is 0 Å². The number of methoxy groups -OCH3 is 1. The van der Waals surface area contributed by atoms with Gasteiger partial charge in [0, 0.05) is 17.7 Å². The molecule has 5 nitrogen and oxygen atoms in total. The number of benzene rings is 1. The molecule has 0 spiro atoms. The molecular formula is C15H21NO4. The zero-order chi connectivity index (χ0) is 15.5. The lowest BCUT2D eigenvalue weighted by Crippen LogP contribution is -2.47. The maximum Gasteiger partial charge on any atom is 0.323 e. The molecular weight excluding hydrogens is 258 g/mol. The van der Waals surface area contributed by atoms with E-state index < -0.39 is 11.5 Å². The number of nitrogens with zero attached hydrogens (tertiary/aromatic N) is 1. The van der Waals surface area contributed by atoms with E-state index in [4.69, 9.17) is 4.74 Å². The number of carbonyl (C=O) groups excluding carboxylic acids is 1. The first-order valence-corrected chi connectivity index (χ1v) is 6.32. The van der Waals surface area contributed by atoms with Crippen molar-refractivity contribution in [2.75, 3.05) is 14.2 Å². The third kappa shape index (κ3) is 3.36. The maximum atomic E-state index is 11.4. The lowest BCUT2D eigenvalue weighted by molar-refractivity contribution is -0.148. The lowest BCUT2D eigenvalue weighted by Gasteiger charge is -2.31. The second-order valence-electron chi connectivity index (χ2n) is 5.30. The third-order valence-corrected chi connectivity index (χ3v) is 3.57. The van der Waals surface area contributed by atoms with Crippen LogP contribution in [0.4, 0.5) is 0 Å². The molecule has 0 fully saturated rings. The molecule has 1 aromatic carbocycles. The number of rotatable bonds is 6. The normalized spacial score (nSPS) is 11.5. The maximum absolute atomic E-state index is 11.4. The summed E-state index contributed by atoms with van der Waals surface area (Å²) in [7, 11) is 3.28. The van der Waals surface area contributed by atoms with Crippen molar-refractivity contribution < 1.29 is 19.4 Å². The van der Waals surface area contributed by atoms with Gasteiger partial charge in [-0.25, -0.2) is 0 Å². The fourth-order valence-corrected chi connectivity index (χ4v) is 1.74. The molecule has 0 radical (unpaired) electrons. The highest BCUT2D eigenvalue weighted by atomic mass is 16.5. The molecule has 0 saturated heterocycles. The third-order valence-electron chi connectivity index (χ3n) is 3.57. The minimum Gasteiger partial charge on any atom is -0.496 e. The summed E-state index contributed by atoms with van der Waals surface area (Å²) in [6.07, 6.45) is 0. The summed E-state index contributed by atoms with van der Waals surface area (Å²) in [5, 5.41) is 9.23. The van der Waals surface area contributed by atoms with E-state index in [1.54, 1.807) is 51.1 Å². The number of aliphatic carboxylic acids is 1. The monoisotopic (exact) mass is 279 g/mol. The Morgan fingerprint density at radius 2 is 1.95 bits per heavy atom. The van der Waals surface area contributed by atoms with E-state index >= 15 is 0 Å². The Labute approximate surface area is 119 Å². The molecule has 1 aromatic rings. The average molecular weight is 279 g/mol. The minimum absolute atomic E-state index is 0.0333. The molecule has 1 rings (SSSR count). The molecule has 0 unspecified atom stereocenters. The molecule has 0 aliphatic carbocycles. The van der Waals surface area contributed by atoms with Crippen LogP contribution >= 0.6 is 0 Å². The predicted molar refractivity (Wildman–Crippen MR) is 76.2 cm³/mol. The predicted octanol–water partition coefficient (Wildman–Crippen LogP) is 2.19. The average Bonchev–Trinajstić information content (AvgIpc) is 2.38. The quantitative estimate of drug-likeness (QED) is 0.809. The number of carboxylic acids is 1. The summed E-state index contributed by atoms with van der Waals surface area (Å²) < 4.78 is 5.27. The highest BCUT2D eigenvalue weighted by Gasteiger charge is 2.32. The number of Topliss-reactive ketones (excluding diaryl/α,β-unsaturated/α-hetero) is 1. The van der Waals surface area contributed by atoms with E-state index in [1.165, 1.54) is 6.92 Å². The van der Waals surface area contributed by atoms with E-state index in [-0.39, 0.29) is 5.78 Å². The van der Waals surface area contributed by atoms with Gasteiger partial charge >= 0.3 is 5.97 Å². The molecule has 0 heterocycles. The molecule has 0 aromatic heterocycles. The standard InChI is InChI=1S/C15H21NO4/c1-10(17)11-6-7-13(20-5)12(8-11)9-16(4)15(2,3)14(18)19/h6-8H,9H2,1-5H3,(H,18,19). The van der Waals surface area contributed by atoms with Crippen LogP contribution in [0.2, 0.25) is 0 Å². The van der Waals surface area contributed by atoms with Gasteiger partial charge in [-0.15, -0.1) is 0 Å². The topological polar surface area (TPSA) is 66.8 Å². The lowest BCUT2D eigenvalue weighted by atomic mass is 10.0. The SMILES string of the molecule is COc1ccc(C(C)=O)cc1CN(C)C(C)(C)C(=O)O. The van der Waals surface area contributed by atoms with Crippen molar-refractivity contribution in [1.29, 1.82) is 0 Å². The molecule has 20 heavy (non-hydrogen) atoms. The van der Waals surface area contributed by atoms with Crippen molar-refractivity contribution in [2.45, 2.75) is 32.9 Å². The van der Waals surface area contributed by atoms with Gasteiger partial charge in [0.25, 0.3) is 0 Å². The highest BCUT2D eigenvalue weighted by Crippen LogP contribution is 2.24. The van der Waals surface area contributed by atoms with Crippen molar-refractivity contribution in [2.24, 2.45) is 0 Å². The molecule has 0 aliphatic heterocycles. The summed E-state index contributed by atoms with van der Waals surface area (Å²) in [6.45, 7) is 5.15. The number of ketones is 1. The first-order chi connectivity index (χ1) is 9.20. The Hall–Kier alpha value is -1.88. The van der Waals surface area contributed by atoms with E-state index in [2.05, 4.69) is 0 Å². The van der Waals surface area contributed by atoms with Crippen molar-refractivity contribution in [3.8, 4) is 5.75 Å². The zero-order valence-electron chi connectivity index (χ0n) is 12.6. The van der Waals surface area contributed by atoms with Crippen LogP contribution in [0.1, 0.15) is 36.7 Å². The largest absolute Gasteiger partial charge is 0.496 e. The van der Waals surface area contributed by atoms with Crippen molar-refractivity contribution in [3.05, 3.63) is 29.3 Å². The molecule has 110 valence electrons. The fraction of sp³-hybridized carbons (Fsp3) is 0.467. The first kappa shape index (κ1) is 16.2. The highest BCUT2D eigenvalue weighted by molar-refractivity contribution is 5.94. The van der Waals surface area contributed by atoms with Gasteiger partial charge in [-0.05, 0) is 46.0 Å². The van der Waals surface area contributed by atoms with Gasteiger partial charge in [0.05, 0.1) is 7.11 Å². The number of carboxylic acid groups (broad SMARTS) is 1. The van der Waals surface area contributed by atoms with Crippen LogP contribution in [0.3, 0.4) is 0 Å². The van der Waals surface area contributed by atoms with Crippen LogP contribution in [0, 0.1) is 0 Å². The number of hydrogen-bond donors (Lipinski definition) is 1. The summed E-state index contributed by atoms with van der Waals surface area (Å²) in [5.74, 6) is -0.293. The van der Waals surface area contributed by atoms with Gasteiger partial charge in [-0.2, -0.15) is 0 Å². The molecule has 0 saturated carbocycles. The Kier molecular flexibility index (Phi) is 4.89.